The van der Waals surface area contributed by atoms with Crippen LogP contribution in [-0.4, -0.2) is 12.4 Å². The molecule has 0 aliphatic carbocycles. The summed E-state index contributed by atoms with van der Waals surface area (Å²) in [7, 11) is 0. The Hall–Kier alpha value is -1.68. The highest BCUT2D eigenvalue weighted by Gasteiger charge is 2.06. The molecule has 1 aromatic heterocycles. The van der Waals surface area contributed by atoms with Crippen LogP contribution in [0.3, 0.4) is 0 Å². The zero-order valence-electron chi connectivity index (χ0n) is 10.7. The fraction of sp³-hybridized carbons (Fsp3) is 0.267. The fourth-order valence-electron chi connectivity index (χ4n) is 1.65. The molecule has 0 bridgehead atoms. The van der Waals surface area contributed by atoms with E-state index in [1.807, 2.05) is 17.5 Å². The first-order valence-electron chi connectivity index (χ1n) is 6.12. The van der Waals surface area contributed by atoms with Crippen LogP contribution in [0.1, 0.15) is 28.1 Å². The number of ether oxygens (including phenoxy) is 1. The summed E-state index contributed by atoms with van der Waals surface area (Å²) < 4.78 is 18.7. The van der Waals surface area contributed by atoms with Crippen molar-refractivity contribution in [2.24, 2.45) is 0 Å². The molecule has 19 heavy (non-hydrogen) atoms. The number of aryl methyl sites for hydroxylation is 1. The molecule has 0 amide bonds. The molecule has 2 aromatic rings. The largest absolute Gasteiger partial charge is 0.493 e. The fourth-order valence-corrected chi connectivity index (χ4v) is 2.34. The lowest BCUT2D eigenvalue weighted by Gasteiger charge is -2.06. The summed E-state index contributed by atoms with van der Waals surface area (Å²) in [6.07, 6.45) is 1.08. The Labute approximate surface area is 115 Å². The summed E-state index contributed by atoms with van der Waals surface area (Å²) in [6.45, 7) is 2.12. The van der Waals surface area contributed by atoms with Crippen LogP contribution in [0.15, 0.2) is 35.7 Å². The summed E-state index contributed by atoms with van der Waals surface area (Å²) in [5.74, 6) is 0.368. The maximum atomic E-state index is 13.3. The second kappa shape index (κ2) is 6.48. The van der Waals surface area contributed by atoms with Gasteiger partial charge in [0.15, 0.2) is 5.78 Å². The molecule has 2 nitrogen and oxygen atoms in total. The Bertz CT molecular complexity index is 549. The van der Waals surface area contributed by atoms with E-state index in [0.717, 1.165) is 4.88 Å². The average molecular weight is 278 g/mol. The molecule has 4 heteroatoms. The summed E-state index contributed by atoms with van der Waals surface area (Å²) >= 11 is 1.45. The van der Waals surface area contributed by atoms with Gasteiger partial charge in [-0.05, 0) is 36.4 Å². The van der Waals surface area contributed by atoms with E-state index in [1.54, 1.807) is 19.1 Å². The first-order chi connectivity index (χ1) is 9.16. The van der Waals surface area contributed by atoms with Crippen molar-refractivity contribution in [3.05, 3.63) is 52.0 Å². The third kappa shape index (κ3) is 3.89. The van der Waals surface area contributed by atoms with Gasteiger partial charge in [-0.3, -0.25) is 4.79 Å². The summed E-state index contributed by atoms with van der Waals surface area (Å²) in [5, 5.41) is 1.89. The number of Topliss-reactive ketones (excluding diaryl/α,β-unsaturated/α-hetero) is 1. The number of halogens is 1. The molecule has 1 aromatic carbocycles. The highest BCUT2D eigenvalue weighted by atomic mass is 32.1. The van der Waals surface area contributed by atoms with E-state index in [9.17, 15) is 9.18 Å². The van der Waals surface area contributed by atoms with Crippen molar-refractivity contribution in [3.63, 3.8) is 0 Å². The molecule has 0 unspecified atom stereocenters. The highest BCUT2D eigenvalue weighted by Crippen LogP contribution is 2.17. The van der Waals surface area contributed by atoms with E-state index in [0.29, 0.717) is 30.8 Å². The number of thiophene rings is 1. The van der Waals surface area contributed by atoms with Gasteiger partial charge in [-0.2, -0.15) is 0 Å². The molecular formula is C15H15FO2S. The Morgan fingerprint density at radius 1 is 1.37 bits per heavy atom. The van der Waals surface area contributed by atoms with Crippen LogP contribution in [0.5, 0.6) is 5.75 Å². The molecule has 100 valence electrons. The summed E-state index contributed by atoms with van der Waals surface area (Å²) in [4.78, 5) is 12.5. The van der Waals surface area contributed by atoms with Crippen molar-refractivity contribution >= 4 is 17.1 Å². The number of carbonyl (C=O) groups is 1. The van der Waals surface area contributed by atoms with E-state index < -0.39 is 0 Å². The molecular weight excluding hydrogens is 263 g/mol. The van der Waals surface area contributed by atoms with Crippen LogP contribution in [0.2, 0.25) is 0 Å². The second-order valence-corrected chi connectivity index (χ2v) is 5.21. The minimum absolute atomic E-state index is 0.133. The van der Waals surface area contributed by atoms with Gasteiger partial charge in [-0.1, -0.05) is 12.1 Å². The molecule has 1 heterocycles. The minimum Gasteiger partial charge on any atom is -0.493 e. The Morgan fingerprint density at radius 3 is 2.89 bits per heavy atom. The predicted molar refractivity (Wildman–Crippen MR) is 74.5 cm³/mol. The van der Waals surface area contributed by atoms with Crippen molar-refractivity contribution < 1.29 is 13.9 Å². The molecule has 0 spiro atoms. The number of hydrogen-bond donors (Lipinski definition) is 0. The topological polar surface area (TPSA) is 26.3 Å². The Kier molecular flexibility index (Phi) is 4.68. The lowest BCUT2D eigenvalue weighted by atomic mass is 10.2. The van der Waals surface area contributed by atoms with Crippen LogP contribution < -0.4 is 4.74 Å². The molecule has 0 saturated carbocycles. The number of rotatable bonds is 6. The van der Waals surface area contributed by atoms with Crippen molar-refractivity contribution in [1.82, 2.24) is 0 Å². The van der Waals surface area contributed by atoms with Gasteiger partial charge < -0.3 is 4.74 Å². The average Bonchev–Trinajstić information content (AvgIpc) is 2.92. The molecule has 0 atom stereocenters. The first kappa shape index (κ1) is 13.7. The van der Waals surface area contributed by atoms with E-state index in [2.05, 4.69) is 0 Å². The van der Waals surface area contributed by atoms with Crippen LogP contribution >= 0.6 is 11.3 Å². The lowest BCUT2D eigenvalue weighted by molar-refractivity contribution is 0.0977. The summed E-state index contributed by atoms with van der Waals surface area (Å²) in [6, 6.07) is 8.48. The highest BCUT2D eigenvalue weighted by molar-refractivity contribution is 7.12. The smallest absolute Gasteiger partial charge is 0.172 e. The van der Waals surface area contributed by atoms with Gasteiger partial charge in [0.25, 0.3) is 0 Å². The minimum atomic E-state index is -0.271. The van der Waals surface area contributed by atoms with Crippen molar-refractivity contribution in [2.75, 3.05) is 6.61 Å². The third-order valence-corrected chi connectivity index (χ3v) is 3.67. The molecule has 0 N–H and O–H groups in total. The maximum absolute atomic E-state index is 13.3. The number of benzene rings is 1. The van der Waals surface area contributed by atoms with Gasteiger partial charge in [0.05, 0.1) is 11.5 Å². The van der Waals surface area contributed by atoms with Gasteiger partial charge in [0.1, 0.15) is 11.6 Å². The van der Waals surface area contributed by atoms with Crippen LogP contribution in [0.4, 0.5) is 4.39 Å². The van der Waals surface area contributed by atoms with Crippen LogP contribution in [0.25, 0.3) is 0 Å². The molecule has 0 fully saturated rings. The van der Waals surface area contributed by atoms with E-state index >= 15 is 0 Å². The van der Waals surface area contributed by atoms with Gasteiger partial charge >= 0.3 is 0 Å². The number of hydrogen-bond acceptors (Lipinski definition) is 3. The zero-order valence-corrected chi connectivity index (χ0v) is 11.5. The zero-order chi connectivity index (χ0) is 13.7. The van der Waals surface area contributed by atoms with Crippen molar-refractivity contribution in [3.8, 4) is 5.75 Å². The van der Waals surface area contributed by atoms with E-state index in [-0.39, 0.29) is 11.6 Å². The molecule has 2 rings (SSSR count). The molecule has 0 aliphatic rings. The predicted octanol–water partition coefficient (Wildman–Crippen LogP) is 4.24. The van der Waals surface area contributed by atoms with E-state index in [4.69, 9.17) is 4.74 Å². The molecule has 0 radical (unpaired) electrons. The molecule has 0 aliphatic heterocycles. The van der Waals surface area contributed by atoms with Crippen LogP contribution in [-0.2, 0) is 0 Å². The standard InChI is InChI=1S/C15H15FO2S/c1-11-6-7-12(10-13(11)16)18-8-2-4-14(17)15-5-3-9-19-15/h3,5-7,9-10H,2,4,8H2,1H3. The number of carbonyl (C=O) groups excluding carboxylic acids is 1. The number of ketones is 1. The van der Waals surface area contributed by atoms with Crippen LogP contribution in [0, 0.1) is 12.7 Å². The quantitative estimate of drug-likeness (QED) is 0.583. The van der Waals surface area contributed by atoms with Gasteiger partial charge in [-0.25, -0.2) is 4.39 Å². The third-order valence-electron chi connectivity index (χ3n) is 2.76. The Balaban J connectivity index is 1.75. The Morgan fingerprint density at radius 2 is 2.21 bits per heavy atom. The maximum Gasteiger partial charge on any atom is 0.172 e. The van der Waals surface area contributed by atoms with E-state index in [1.165, 1.54) is 17.4 Å². The lowest BCUT2D eigenvalue weighted by Crippen LogP contribution is -2.02. The van der Waals surface area contributed by atoms with Gasteiger partial charge in [-0.15, -0.1) is 11.3 Å². The molecule has 0 saturated heterocycles. The first-order valence-corrected chi connectivity index (χ1v) is 7.00. The monoisotopic (exact) mass is 278 g/mol. The van der Waals surface area contributed by atoms with Crippen molar-refractivity contribution in [1.29, 1.82) is 0 Å². The normalized spacial score (nSPS) is 10.4. The summed E-state index contributed by atoms with van der Waals surface area (Å²) in [5.41, 5.74) is 0.597. The van der Waals surface area contributed by atoms with Crippen molar-refractivity contribution in [2.45, 2.75) is 19.8 Å². The second-order valence-electron chi connectivity index (χ2n) is 4.26. The van der Waals surface area contributed by atoms with Gasteiger partial charge in [0.2, 0.25) is 0 Å². The van der Waals surface area contributed by atoms with Gasteiger partial charge in [0, 0.05) is 12.5 Å². The SMILES string of the molecule is Cc1ccc(OCCCC(=O)c2cccs2)cc1F.